The molecule has 1 amide bonds. The molecule has 0 aromatic carbocycles. The van der Waals surface area contributed by atoms with Crippen LogP contribution in [0.4, 0.5) is 5.69 Å². The zero-order chi connectivity index (χ0) is 13.0. The average Bonchev–Trinajstić information content (AvgIpc) is 2.95. The first-order valence-corrected chi connectivity index (χ1v) is 6.65. The van der Waals surface area contributed by atoms with Gasteiger partial charge in [0.2, 0.25) is 5.91 Å². The van der Waals surface area contributed by atoms with Gasteiger partial charge in [0.15, 0.2) is 0 Å². The maximum Gasteiger partial charge on any atom is 0.221 e. The van der Waals surface area contributed by atoms with Gasteiger partial charge in [0.1, 0.15) is 5.76 Å². The summed E-state index contributed by atoms with van der Waals surface area (Å²) in [6, 6.07) is 5.88. The Bertz CT molecular complexity index is 505. The molecule has 2 aromatic heterocycles. The third-order valence-corrected chi connectivity index (χ3v) is 3.52. The molecule has 2 heterocycles. The van der Waals surface area contributed by atoms with Gasteiger partial charge in [-0.2, -0.15) is 0 Å². The van der Waals surface area contributed by atoms with Crippen molar-refractivity contribution in [3.05, 3.63) is 40.5 Å². The molecule has 4 nitrogen and oxygen atoms in total. The fourth-order valence-corrected chi connectivity index (χ4v) is 2.44. The van der Waals surface area contributed by atoms with E-state index in [-0.39, 0.29) is 11.9 Å². The summed E-state index contributed by atoms with van der Waals surface area (Å²) in [5.41, 5.74) is 0.881. The van der Waals surface area contributed by atoms with Crippen molar-refractivity contribution in [2.45, 2.75) is 26.4 Å². The third-order valence-electron chi connectivity index (χ3n) is 2.59. The Kier molecular flexibility index (Phi) is 4.17. The smallest absolute Gasteiger partial charge is 0.221 e. The van der Waals surface area contributed by atoms with Gasteiger partial charge < -0.3 is 15.1 Å². The Hall–Kier alpha value is -1.59. The molecule has 0 radical (unpaired) electrons. The third kappa shape index (κ3) is 3.21. The number of nitrogens with one attached hydrogen (secondary N) is 2. The fraction of sp³-hybridized carbons (Fsp3) is 0.308. The molecule has 0 spiro atoms. The number of hydrogen-bond acceptors (Lipinski definition) is 4. The fourth-order valence-electron chi connectivity index (χ4n) is 1.66. The van der Waals surface area contributed by atoms with Crippen molar-refractivity contribution in [3.8, 4) is 0 Å². The van der Waals surface area contributed by atoms with Crippen molar-refractivity contribution >= 4 is 22.9 Å². The number of carbonyl (C=O) groups is 1. The Morgan fingerprint density at radius 2 is 2.33 bits per heavy atom. The van der Waals surface area contributed by atoms with Crippen LogP contribution in [-0.4, -0.2) is 5.91 Å². The van der Waals surface area contributed by atoms with Gasteiger partial charge >= 0.3 is 0 Å². The summed E-state index contributed by atoms with van der Waals surface area (Å²) in [4.78, 5) is 12.2. The van der Waals surface area contributed by atoms with Crippen LogP contribution >= 0.6 is 11.3 Å². The summed E-state index contributed by atoms with van der Waals surface area (Å²) in [5.74, 6) is 0.862. The highest BCUT2D eigenvalue weighted by molar-refractivity contribution is 7.10. The van der Waals surface area contributed by atoms with Gasteiger partial charge in [0.25, 0.3) is 0 Å². The van der Waals surface area contributed by atoms with Crippen LogP contribution in [0.1, 0.15) is 30.5 Å². The zero-order valence-electron chi connectivity index (χ0n) is 10.4. The first kappa shape index (κ1) is 12.9. The van der Waals surface area contributed by atoms with Gasteiger partial charge in [-0.3, -0.25) is 4.79 Å². The number of carbonyl (C=O) groups excluding carboxylic acids is 1. The van der Waals surface area contributed by atoms with E-state index in [1.165, 1.54) is 6.92 Å². The Morgan fingerprint density at radius 1 is 1.50 bits per heavy atom. The monoisotopic (exact) mass is 264 g/mol. The minimum Gasteiger partial charge on any atom is -0.468 e. The number of amides is 1. The topological polar surface area (TPSA) is 54.3 Å². The number of hydrogen-bond donors (Lipinski definition) is 2. The first-order chi connectivity index (χ1) is 8.66. The van der Waals surface area contributed by atoms with Gasteiger partial charge in [-0.15, -0.1) is 11.3 Å². The van der Waals surface area contributed by atoms with Crippen molar-refractivity contribution in [2.75, 3.05) is 5.32 Å². The molecule has 0 bridgehead atoms. The molecule has 18 heavy (non-hydrogen) atoms. The van der Waals surface area contributed by atoms with Gasteiger partial charge in [0, 0.05) is 18.3 Å². The van der Waals surface area contributed by atoms with Gasteiger partial charge in [-0.05, 0) is 30.5 Å². The first-order valence-electron chi connectivity index (χ1n) is 5.77. The molecule has 2 rings (SSSR count). The summed E-state index contributed by atoms with van der Waals surface area (Å²) in [6.45, 7) is 4.26. The van der Waals surface area contributed by atoms with Crippen molar-refractivity contribution in [1.82, 2.24) is 5.32 Å². The second-order valence-corrected chi connectivity index (χ2v) is 5.06. The highest BCUT2D eigenvalue weighted by Crippen LogP contribution is 2.23. The molecule has 0 saturated carbocycles. The quantitative estimate of drug-likeness (QED) is 0.872. The molecule has 5 heteroatoms. The molecule has 0 saturated heterocycles. The second kappa shape index (κ2) is 5.84. The van der Waals surface area contributed by atoms with E-state index in [9.17, 15) is 4.79 Å². The van der Waals surface area contributed by atoms with Crippen LogP contribution in [0.15, 0.2) is 34.3 Å². The minimum absolute atomic E-state index is 0.0475. The molecular weight excluding hydrogens is 248 g/mol. The van der Waals surface area contributed by atoms with Crippen molar-refractivity contribution < 1.29 is 9.21 Å². The lowest BCUT2D eigenvalue weighted by Crippen LogP contribution is -2.18. The highest BCUT2D eigenvalue weighted by Gasteiger charge is 2.10. The van der Waals surface area contributed by atoms with Crippen molar-refractivity contribution in [3.63, 3.8) is 0 Å². The Morgan fingerprint density at radius 3 is 3.00 bits per heavy atom. The number of anilines is 1. The van der Waals surface area contributed by atoms with Crippen LogP contribution in [-0.2, 0) is 11.3 Å². The van der Waals surface area contributed by atoms with E-state index in [1.54, 1.807) is 17.6 Å². The highest BCUT2D eigenvalue weighted by atomic mass is 32.1. The predicted molar refractivity (Wildman–Crippen MR) is 72.6 cm³/mol. The van der Waals surface area contributed by atoms with Crippen molar-refractivity contribution in [2.24, 2.45) is 0 Å². The molecule has 0 aliphatic carbocycles. The van der Waals surface area contributed by atoms with Crippen LogP contribution in [0.5, 0.6) is 0 Å². The molecule has 1 atom stereocenters. The molecule has 0 aliphatic heterocycles. The Balaban J connectivity index is 1.94. The van der Waals surface area contributed by atoms with Crippen LogP contribution in [0, 0.1) is 0 Å². The van der Waals surface area contributed by atoms with E-state index >= 15 is 0 Å². The molecule has 0 fully saturated rings. The van der Waals surface area contributed by atoms with Crippen LogP contribution in [0.2, 0.25) is 0 Å². The van der Waals surface area contributed by atoms with E-state index in [0.29, 0.717) is 6.54 Å². The minimum atomic E-state index is -0.0475. The molecule has 0 unspecified atom stereocenters. The normalized spacial score (nSPS) is 12.3. The predicted octanol–water partition coefficient (Wildman–Crippen LogP) is 3.15. The Labute approximate surface area is 110 Å². The zero-order valence-corrected chi connectivity index (χ0v) is 11.2. The largest absolute Gasteiger partial charge is 0.468 e. The summed E-state index contributed by atoms with van der Waals surface area (Å²) in [7, 11) is 0. The molecule has 2 aromatic rings. The molecular formula is C13H16N2O2S. The lowest BCUT2D eigenvalue weighted by Gasteiger charge is -2.11. The summed E-state index contributed by atoms with van der Waals surface area (Å²) < 4.78 is 5.33. The summed E-state index contributed by atoms with van der Waals surface area (Å²) in [5, 5.41) is 8.16. The maximum atomic E-state index is 11.0. The lowest BCUT2D eigenvalue weighted by atomic mass is 10.2. The number of rotatable bonds is 5. The maximum absolute atomic E-state index is 11.0. The SMILES string of the molecule is CC(=O)Nc1ccsc1CN[C@@H](C)c1ccco1. The average molecular weight is 264 g/mol. The number of thiophene rings is 1. The van der Waals surface area contributed by atoms with E-state index in [1.807, 2.05) is 30.5 Å². The van der Waals surface area contributed by atoms with Crippen LogP contribution in [0.25, 0.3) is 0 Å². The molecule has 0 aliphatic rings. The van der Waals surface area contributed by atoms with E-state index in [0.717, 1.165) is 16.3 Å². The standard InChI is InChI=1S/C13H16N2O2S/c1-9(12-4-3-6-17-12)14-8-13-11(5-7-18-13)15-10(2)16/h3-7,9,14H,8H2,1-2H3,(H,15,16)/t9-/m0/s1. The van der Waals surface area contributed by atoms with Gasteiger partial charge in [-0.25, -0.2) is 0 Å². The molecule has 96 valence electrons. The summed E-state index contributed by atoms with van der Waals surface area (Å²) in [6.07, 6.45) is 1.67. The summed E-state index contributed by atoms with van der Waals surface area (Å²) >= 11 is 1.62. The second-order valence-electron chi connectivity index (χ2n) is 4.06. The van der Waals surface area contributed by atoms with Crippen molar-refractivity contribution in [1.29, 1.82) is 0 Å². The van der Waals surface area contributed by atoms with Crippen LogP contribution in [0.3, 0.4) is 0 Å². The van der Waals surface area contributed by atoms with Gasteiger partial charge in [-0.1, -0.05) is 0 Å². The van der Waals surface area contributed by atoms with E-state index in [2.05, 4.69) is 10.6 Å². The number of furan rings is 1. The van der Waals surface area contributed by atoms with Crippen LogP contribution < -0.4 is 10.6 Å². The lowest BCUT2D eigenvalue weighted by molar-refractivity contribution is -0.114. The van der Waals surface area contributed by atoms with E-state index < -0.39 is 0 Å². The van der Waals surface area contributed by atoms with Gasteiger partial charge in [0.05, 0.1) is 18.0 Å². The molecule has 2 N–H and O–H groups in total. The van der Waals surface area contributed by atoms with E-state index in [4.69, 9.17) is 4.42 Å².